The number of para-hydroxylation sites is 1. The van der Waals surface area contributed by atoms with Crippen molar-refractivity contribution in [2.24, 2.45) is 5.73 Å². The number of H-pyrrole nitrogens is 2. The number of nitrogens with two attached hydrogens (primary N) is 1. The highest BCUT2D eigenvalue weighted by molar-refractivity contribution is 6.01. The van der Waals surface area contributed by atoms with Gasteiger partial charge in [0.2, 0.25) is 23.6 Å². The fourth-order valence-corrected chi connectivity index (χ4v) is 7.20. The lowest BCUT2D eigenvalue weighted by atomic mass is 10.0. The number of aromatic nitrogens is 3. The van der Waals surface area contributed by atoms with Gasteiger partial charge >= 0.3 is 6.03 Å². The van der Waals surface area contributed by atoms with E-state index in [0.29, 0.717) is 37.2 Å². The van der Waals surface area contributed by atoms with E-state index in [9.17, 15) is 24.0 Å². The molecule has 4 atom stereocenters. The zero-order valence-corrected chi connectivity index (χ0v) is 34.0. The van der Waals surface area contributed by atoms with Crippen molar-refractivity contribution in [1.29, 1.82) is 0 Å². The first-order valence-corrected chi connectivity index (χ1v) is 20.4. The van der Waals surface area contributed by atoms with E-state index in [1.165, 1.54) is 13.3 Å². The Bertz CT molecular complexity index is 2380. The molecule has 0 aliphatic heterocycles. The van der Waals surface area contributed by atoms with Crippen molar-refractivity contribution in [3.05, 3.63) is 133 Å². The Morgan fingerprint density at radius 2 is 1.38 bits per heavy atom. The standard InChI is InChI=1S/C45H53N11O5/c1-29(57)51-41(24-34-27-47-28-49-34)44(60)54-40(22-30-12-3-2-4-13-30)43(59)53-39(42(58)52-33(25-46)23-32-26-48-37-18-8-7-17-36(32)37)19-9-10-21-50-56-45(61)55-38-20-11-15-31-14-5-6-16-35(31)38/h2-8,11-18,20,26-28,33,39-41,48,50H,9-10,19,21-25,46H2,1H3,(H,47,49)(H,51,57)(H,52,58)(H,53,59)(H,54,60)(H2,55,56,61)/t33-,39-,40+,41-/m0/s1. The molecule has 0 spiro atoms. The highest BCUT2D eigenvalue weighted by Gasteiger charge is 2.31. The molecule has 4 aromatic carbocycles. The maximum atomic E-state index is 14.3. The quantitative estimate of drug-likeness (QED) is 0.0380. The summed E-state index contributed by atoms with van der Waals surface area (Å²) in [5, 5.41) is 17.3. The van der Waals surface area contributed by atoms with Crippen molar-refractivity contribution >= 4 is 57.0 Å². The van der Waals surface area contributed by atoms with Gasteiger partial charge in [-0.2, -0.15) is 0 Å². The number of hydrazine groups is 1. The number of nitrogens with one attached hydrogen (secondary N) is 9. The molecule has 61 heavy (non-hydrogen) atoms. The van der Waals surface area contributed by atoms with Gasteiger partial charge in [0, 0.05) is 73.3 Å². The number of amides is 6. The molecular weight excluding hydrogens is 775 g/mol. The second-order valence-electron chi connectivity index (χ2n) is 14.9. The summed E-state index contributed by atoms with van der Waals surface area (Å²) in [5.41, 5.74) is 15.8. The summed E-state index contributed by atoms with van der Waals surface area (Å²) in [6.45, 7) is 1.84. The minimum Gasteiger partial charge on any atom is -0.361 e. The van der Waals surface area contributed by atoms with Crippen LogP contribution < -0.4 is 43.2 Å². The lowest BCUT2D eigenvalue weighted by Crippen LogP contribution is -2.58. The lowest BCUT2D eigenvalue weighted by molar-refractivity contribution is -0.133. The third kappa shape index (κ3) is 12.7. The number of benzene rings is 4. The summed E-state index contributed by atoms with van der Waals surface area (Å²) in [7, 11) is 0. The predicted octanol–water partition coefficient (Wildman–Crippen LogP) is 3.49. The molecule has 0 saturated carbocycles. The first-order chi connectivity index (χ1) is 29.7. The average molecular weight is 828 g/mol. The highest BCUT2D eigenvalue weighted by Crippen LogP contribution is 2.23. The number of urea groups is 1. The highest BCUT2D eigenvalue weighted by atomic mass is 16.2. The number of anilines is 1. The van der Waals surface area contributed by atoms with Gasteiger partial charge in [0.15, 0.2) is 0 Å². The van der Waals surface area contributed by atoms with Crippen LogP contribution in [0.15, 0.2) is 116 Å². The number of unbranched alkanes of at least 4 members (excludes halogenated alkanes) is 1. The maximum absolute atomic E-state index is 14.3. The summed E-state index contributed by atoms with van der Waals surface area (Å²) < 4.78 is 0. The van der Waals surface area contributed by atoms with E-state index in [1.54, 1.807) is 6.20 Å². The number of imidazole rings is 1. The number of carbonyl (C=O) groups is 5. The minimum absolute atomic E-state index is 0.112. The Morgan fingerprint density at radius 3 is 2.13 bits per heavy atom. The van der Waals surface area contributed by atoms with Gasteiger partial charge in [-0.05, 0) is 54.3 Å². The predicted molar refractivity (Wildman–Crippen MR) is 235 cm³/mol. The second kappa shape index (κ2) is 21.8. The summed E-state index contributed by atoms with van der Waals surface area (Å²) in [6.07, 6.45) is 6.88. The molecule has 6 rings (SSSR count). The zero-order chi connectivity index (χ0) is 43.0. The number of fused-ring (bicyclic) bond motifs is 2. The topological polar surface area (TPSA) is 240 Å². The molecule has 0 bridgehead atoms. The number of hydrogen-bond donors (Lipinski definition) is 10. The molecule has 318 valence electrons. The third-order valence-electron chi connectivity index (χ3n) is 10.3. The van der Waals surface area contributed by atoms with E-state index >= 15 is 0 Å². The number of hydrogen-bond acceptors (Lipinski definition) is 8. The molecule has 2 aromatic heterocycles. The van der Waals surface area contributed by atoms with Crippen molar-refractivity contribution in [1.82, 2.24) is 47.1 Å². The van der Waals surface area contributed by atoms with Gasteiger partial charge in [0.1, 0.15) is 18.1 Å². The van der Waals surface area contributed by atoms with E-state index in [4.69, 9.17) is 5.73 Å². The van der Waals surface area contributed by atoms with Crippen LogP contribution in [0.4, 0.5) is 10.5 Å². The van der Waals surface area contributed by atoms with E-state index < -0.39 is 53.8 Å². The van der Waals surface area contributed by atoms with Crippen LogP contribution in [0, 0.1) is 0 Å². The first-order valence-electron chi connectivity index (χ1n) is 20.4. The molecule has 2 heterocycles. The van der Waals surface area contributed by atoms with Crippen LogP contribution in [-0.2, 0) is 38.4 Å². The summed E-state index contributed by atoms with van der Waals surface area (Å²) in [4.78, 5) is 77.2. The number of aromatic amines is 2. The van der Waals surface area contributed by atoms with Gasteiger partial charge in [-0.1, -0.05) is 84.9 Å². The Labute approximate surface area is 353 Å². The molecule has 0 aliphatic rings. The van der Waals surface area contributed by atoms with Crippen LogP contribution >= 0.6 is 0 Å². The Kier molecular flexibility index (Phi) is 15.6. The SMILES string of the molecule is CC(=O)N[C@@H](Cc1cnc[nH]1)C(=O)N[C@H](Cc1ccccc1)C(=O)N[C@@H](CCCCNNC(=O)Nc1cccc2ccccc12)C(=O)N[C@H](CN)Cc1c[nH]c2ccccc12. The normalized spacial score (nSPS) is 13.1. The monoisotopic (exact) mass is 827 g/mol. The van der Waals surface area contributed by atoms with E-state index in [0.717, 1.165) is 32.8 Å². The average Bonchev–Trinajstić information content (AvgIpc) is 3.94. The van der Waals surface area contributed by atoms with Gasteiger partial charge < -0.3 is 42.3 Å². The van der Waals surface area contributed by atoms with Crippen molar-refractivity contribution in [3.63, 3.8) is 0 Å². The molecule has 0 fully saturated rings. The molecule has 0 unspecified atom stereocenters. The molecule has 0 radical (unpaired) electrons. The van der Waals surface area contributed by atoms with Crippen LogP contribution in [0.1, 0.15) is 43.0 Å². The molecule has 16 heteroatoms. The van der Waals surface area contributed by atoms with E-state index in [1.807, 2.05) is 103 Å². The van der Waals surface area contributed by atoms with E-state index in [-0.39, 0.29) is 25.8 Å². The van der Waals surface area contributed by atoms with E-state index in [2.05, 4.69) is 52.4 Å². The van der Waals surface area contributed by atoms with Crippen molar-refractivity contribution in [2.45, 2.75) is 69.6 Å². The molecule has 11 N–H and O–H groups in total. The minimum atomic E-state index is -1.11. The van der Waals surface area contributed by atoms with Gasteiger partial charge in [-0.3, -0.25) is 24.6 Å². The fraction of sp³-hybridized carbons (Fsp3) is 0.289. The Hall–Kier alpha value is -7.04. The van der Waals surface area contributed by atoms with Crippen molar-refractivity contribution < 1.29 is 24.0 Å². The zero-order valence-electron chi connectivity index (χ0n) is 34.0. The first kappa shape index (κ1) is 43.5. The van der Waals surface area contributed by atoms with Gasteiger partial charge in [0.25, 0.3) is 0 Å². The van der Waals surface area contributed by atoms with Crippen LogP contribution in [0.25, 0.3) is 21.7 Å². The summed E-state index contributed by atoms with van der Waals surface area (Å²) in [5.74, 6) is -2.00. The molecule has 16 nitrogen and oxygen atoms in total. The smallest absolute Gasteiger partial charge is 0.333 e. The molecule has 6 aromatic rings. The van der Waals surface area contributed by atoms with Crippen LogP contribution in [0.3, 0.4) is 0 Å². The molecule has 0 aliphatic carbocycles. The van der Waals surface area contributed by atoms with Crippen LogP contribution in [-0.4, -0.2) is 81.9 Å². The summed E-state index contributed by atoms with van der Waals surface area (Å²) in [6, 6.07) is 26.5. The molecular formula is C45H53N11O5. The Balaban J connectivity index is 1.12. The van der Waals surface area contributed by atoms with Gasteiger partial charge in [0.05, 0.1) is 12.0 Å². The van der Waals surface area contributed by atoms with Crippen molar-refractivity contribution in [3.8, 4) is 0 Å². The number of carbonyl (C=O) groups excluding carboxylic acids is 5. The molecule has 0 saturated heterocycles. The van der Waals surface area contributed by atoms with Gasteiger partial charge in [-0.25, -0.2) is 15.2 Å². The Morgan fingerprint density at radius 1 is 0.689 bits per heavy atom. The number of nitrogens with zero attached hydrogens (tertiary/aromatic N) is 1. The second-order valence-corrected chi connectivity index (χ2v) is 14.9. The molecule has 6 amide bonds. The summed E-state index contributed by atoms with van der Waals surface area (Å²) >= 11 is 0. The third-order valence-corrected chi connectivity index (χ3v) is 10.3. The maximum Gasteiger partial charge on any atom is 0.333 e. The fourth-order valence-electron chi connectivity index (χ4n) is 7.20. The van der Waals surface area contributed by atoms with Crippen LogP contribution in [0.5, 0.6) is 0 Å². The largest absolute Gasteiger partial charge is 0.361 e. The number of rotatable bonds is 21. The van der Waals surface area contributed by atoms with Crippen LogP contribution in [0.2, 0.25) is 0 Å². The lowest BCUT2D eigenvalue weighted by Gasteiger charge is -2.26. The van der Waals surface area contributed by atoms with Crippen molar-refractivity contribution in [2.75, 3.05) is 18.4 Å². The van der Waals surface area contributed by atoms with Gasteiger partial charge in [-0.15, -0.1) is 0 Å².